The van der Waals surface area contributed by atoms with E-state index in [4.69, 9.17) is 0 Å². The van der Waals surface area contributed by atoms with E-state index >= 15 is 0 Å². The fourth-order valence-electron chi connectivity index (χ4n) is 3.87. The van der Waals surface area contributed by atoms with Crippen molar-refractivity contribution in [3.05, 3.63) is 35.5 Å². The second kappa shape index (κ2) is 4.36. The number of H-pyrrole nitrogens is 1. The predicted molar refractivity (Wildman–Crippen MR) is 78.4 cm³/mol. The van der Waals surface area contributed by atoms with Gasteiger partial charge in [-0.2, -0.15) is 0 Å². The number of aromatic amines is 1. The number of para-hydroxylation sites is 1. The van der Waals surface area contributed by atoms with Crippen LogP contribution < -0.4 is 5.32 Å². The summed E-state index contributed by atoms with van der Waals surface area (Å²) < 4.78 is 0. The van der Waals surface area contributed by atoms with Gasteiger partial charge in [0.1, 0.15) is 0 Å². The summed E-state index contributed by atoms with van der Waals surface area (Å²) in [6, 6.07) is 10.00. The summed E-state index contributed by atoms with van der Waals surface area (Å²) >= 11 is 0. The summed E-state index contributed by atoms with van der Waals surface area (Å²) in [6.45, 7) is 2.45. The normalized spacial score (nSPS) is 27.2. The largest absolute Gasteiger partial charge is 0.357 e. The summed E-state index contributed by atoms with van der Waals surface area (Å²) in [4.78, 5) is 6.35. The Kier molecular flexibility index (Phi) is 2.64. The molecule has 1 aromatic carbocycles. The van der Waals surface area contributed by atoms with Crippen molar-refractivity contribution in [1.82, 2.24) is 15.2 Å². The van der Waals surface area contributed by atoms with Crippen LogP contribution in [0.2, 0.25) is 0 Å². The number of nitrogens with one attached hydrogen (secondary N) is 2. The second-order valence-corrected chi connectivity index (χ2v) is 5.87. The van der Waals surface area contributed by atoms with Gasteiger partial charge in [0, 0.05) is 35.7 Å². The van der Waals surface area contributed by atoms with E-state index < -0.39 is 0 Å². The van der Waals surface area contributed by atoms with Gasteiger partial charge in [-0.3, -0.25) is 4.90 Å². The Balaban J connectivity index is 1.80. The zero-order valence-electron chi connectivity index (χ0n) is 11.4. The van der Waals surface area contributed by atoms with Gasteiger partial charge in [0.15, 0.2) is 0 Å². The molecule has 0 amide bonds. The molecule has 1 saturated heterocycles. The van der Waals surface area contributed by atoms with Crippen LogP contribution in [0.25, 0.3) is 10.9 Å². The van der Waals surface area contributed by atoms with Crippen molar-refractivity contribution in [3.8, 4) is 0 Å². The first-order valence-corrected chi connectivity index (χ1v) is 7.37. The molecule has 3 nitrogen and oxygen atoms in total. The maximum absolute atomic E-state index is 3.69. The Morgan fingerprint density at radius 1 is 1.26 bits per heavy atom. The molecule has 19 heavy (non-hydrogen) atoms. The number of nitrogens with zero attached hydrogens (tertiary/aromatic N) is 1. The van der Waals surface area contributed by atoms with Crippen LogP contribution in [0.3, 0.4) is 0 Å². The van der Waals surface area contributed by atoms with Crippen molar-refractivity contribution < 1.29 is 0 Å². The van der Waals surface area contributed by atoms with Gasteiger partial charge in [-0.05, 0) is 37.9 Å². The molecule has 3 heterocycles. The molecule has 4 rings (SSSR count). The minimum Gasteiger partial charge on any atom is -0.357 e. The van der Waals surface area contributed by atoms with Gasteiger partial charge in [0.05, 0.1) is 6.04 Å². The van der Waals surface area contributed by atoms with Crippen LogP contribution in [0, 0.1) is 0 Å². The monoisotopic (exact) mass is 255 g/mol. The first-order valence-electron chi connectivity index (χ1n) is 7.37. The van der Waals surface area contributed by atoms with Crippen molar-refractivity contribution in [3.63, 3.8) is 0 Å². The zero-order chi connectivity index (χ0) is 12.8. The van der Waals surface area contributed by atoms with E-state index in [1.165, 1.54) is 48.9 Å². The van der Waals surface area contributed by atoms with Gasteiger partial charge < -0.3 is 10.3 Å². The summed E-state index contributed by atoms with van der Waals surface area (Å²) in [5.41, 5.74) is 4.35. The Bertz CT molecular complexity index is 601. The molecule has 1 fully saturated rings. The lowest BCUT2D eigenvalue weighted by Crippen LogP contribution is -2.46. The first-order chi connectivity index (χ1) is 9.36. The Hall–Kier alpha value is -1.32. The van der Waals surface area contributed by atoms with Gasteiger partial charge in [-0.25, -0.2) is 0 Å². The number of hydrogen-bond acceptors (Lipinski definition) is 2. The molecule has 1 aromatic heterocycles. The molecule has 0 radical (unpaired) electrons. The lowest BCUT2D eigenvalue weighted by Gasteiger charge is -2.42. The quantitative estimate of drug-likeness (QED) is 0.820. The highest BCUT2D eigenvalue weighted by atomic mass is 15.2. The van der Waals surface area contributed by atoms with Crippen LogP contribution in [0.1, 0.15) is 30.1 Å². The van der Waals surface area contributed by atoms with E-state index in [-0.39, 0.29) is 0 Å². The van der Waals surface area contributed by atoms with Crippen LogP contribution in [0.5, 0.6) is 0 Å². The van der Waals surface area contributed by atoms with Crippen LogP contribution in [-0.2, 0) is 6.42 Å². The number of benzene rings is 1. The van der Waals surface area contributed by atoms with E-state index in [9.17, 15) is 0 Å². The van der Waals surface area contributed by atoms with Gasteiger partial charge in [0.25, 0.3) is 0 Å². The highest BCUT2D eigenvalue weighted by Gasteiger charge is 2.34. The van der Waals surface area contributed by atoms with E-state index in [1.54, 1.807) is 5.56 Å². The SMILES string of the molecule is CN[C@H]1CCN2CCc3c([nH]c4ccccc34)[C@H]2C1. The predicted octanol–water partition coefficient (Wildman–Crippen LogP) is 2.45. The molecular weight excluding hydrogens is 234 g/mol. The molecule has 0 spiro atoms. The third-order valence-electron chi connectivity index (χ3n) is 4.95. The number of fused-ring (bicyclic) bond motifs is 5. The zero-order valence-corrected chi connectivity index (χ0v) is 11.4. The van der Waals surface area contributed by atoms with Gasteiger partial charge in [0.2, 0.25) is 0 Å². The first kappa shape index (κ1) is 11.5. The van der Waals surface area contributed by atoms with Crippen LogP contribution >= 0.6 is 0 Å². The van der Waals surface area contributed by atoms with Crippen LogP contribution in [-0.4, -0.2) is 36.1 Å². The minimum atomic E-state index is 0.586. The summed E-state index contributed by atoms with van der Waals surface area (Å²) in [5.74, 6) is 0. The molecule has 2 atom stereocenters. The lowest BCUT2D eigenvalue weighted by molar-refractivity contribution is 0.116. The molecule has 0 saturated carbocycles. The van der Waals surface area contributed by atoms with Crippen molar-refractivity contribution in [2.45, 2.75) is 31.3 Å². The summed E-state index contributed by atoms with van der Waals surface area (Å²) in [7, 11) is 2.09. The van der Waals surface area contributed by atoms with E-state index in [1.807, 2.05) is 0 Å². The average molecular weight is 255 g/mol. The number of piperidine rings is 1. The molecule has 2 aliphatic rings. The van der Waals surface area contributed by atoms with E-state index in [2.05, 4.69) is 46.5 Å². The fourth-order valence-corrected chi connectivity index (χ4v) is 3.87. The molecule has 0 bridgehead atoms. The highest BCUT2D eigenvalue weighted by molar-refractivity contribution is 5.85. The van der Waals surface area contributed by atoms with Crippen molar-refractivity contribution in [1.29, 1.82) is 0 Å². The maximum atomic E-state index is 3.69. The van der Waals surface area contributed by atoms with Gasteiger partial charge in [-0.15, -0.1) is 0 Å². The topological polar surface area (TPSA) is 31.1 Å². The van der Waals surface area contributed by atoms with Crippen LogP contribution in [0.15, 0.2) is 24.3 Å². The van der Waals surface area contributed by atoms with Crippen LogP contribution in [0.4, 0.5) is 0 Å². The van der Waals surface area contributed by atoms with Crippen molar-refractivity contribution >= 4 is 10.9 Å². The molecule has 0 aliphatic carbocycles. The third-order valence-corrected chi connectivity index (χ3v) is 4.95. The highest BCUT2D eigenvalue weighted by Crippen LogP contribution is 2.39. The molecule has 3 heteroatoms. The molecule has 2 aromatic rings. The second-order valence-electron chi connectivity index (χ2n) is 5.87. The summed E-state index contributed by atoms with van der Waals surface area (Å²) in [6.07, 6.45) is 3.71. The molecule has 2 N–H and O–H groups in total. The number of aromatic nitrogens is 1. The molecule has 100 valence electrons. The van der Waals surface area contributed by atoms with E-state index in [0.29, 0.717) is 12.1 Å². The lowest BCUT2D eigenvalue weighted by atomic mass is 9.88. The minimum absolute atomic E-state index is 0.586. The average Bonchev–Trinajstić information content (AvgIpc) is 2.85. The smallest absolute Gasteiger partial charge is 0.0516 e. The Morgan fingerprint density at radius 3 is 3.05 bits per heavy atom. The molecule has 0 unspecified atom stereocenters. The van der Waals surface area contributed by atoms with Crippen molar-refractivity contribution in [2.24, 2.45) is 0 Å². The third kappa shape index (κ3) is 1.72. The van der Waals surface area contributed by atoms with E-state index in [0.717, 1.165) is 0 Å². The fraction of sp³-hybridized carbons (Fsp3) is 0.500. The molecule has 2 aliphatic heterocycles. The summed E-state index contributed by atoms with van der Waals surface area (Å²) in [5, 5.41) is 4.89. The Labute approximate surface area is 114 Å². The standard InChI is InChI=1S/C16H21N3/c1-17-11-6-8-19-9-7-13-12-4-2-3-5-14(12)18-16(13)15(19)10-11/h2-5,11,15,17-18H,6-10H2,1H3/t11-,15+/m0/s1. The van der Waals surface area contributed by atoms with Crippen molar-refractivity contribution in [2.75, 3.05) is 20.1 Å². The van der Waals surface area contributed by atoms with Gasteiger partial charge in [-0.1, -0.05) is 18.2 Å². The maximum Gasteiger partial charge on any atom is 0.0516 e. The number of hydrogen-bond donors (Lipinski definition) is 2. The molecular formula is C16H21N3. The Morgan fingerprint density at radius 2 is 2.16 bits per heavy atom. The number of rotatable bonds is 1. The van der Waals surface area contributed by atoms with Gasteiger partial charge >= 0.3 is 0 Å².